The number of piperazine rings is 1. The van der Waals surface area contributed by atoms with Crippen LogP contribution in [0.5, 0.6) is 0 Å². The highest BCUT2D eigenvalue weighted by Crippen LogP contribution is 2.19. The van der Waals surface area contributed by atoms with Crippen LogP contribution < -0.4 is 5.32 Å². The van der Waals surface area contributed by atoms with Crippen molar-refractivity contribution in [2.24, 2.45) is 11.3 Å². The van der Waals surface area contributed by atoms with Gasteiger partial charge in [0, 0.05) is 38.8 Å². The van der Waals surface area contributed by atoms with Gasteiger partial charge in [-0.2, -0.15) is 0 Å². The van der Waals surface area contributed by atoms with Crippen LogP contribution in [0.25, 0.3) is 0 Å². The minimum Gasteiger partial charge on any atom is -0.316 e. The topological polar surface area (TPSA) is 18.5 Å². The van der Waals surface area contributed by atoms with Gasteiger partial charge in [0.15, 0.2) is 0 Å². The molecule has 0 bridgehead atoms. The summed E-state index contributed by atoms with van der Waals surface area (Å²) in [5.41, 5.74) is 0.364. The second kappa shape index (κ2) is 7.61. The summed E-state index contributed by atoms with van der Waals surface area (Å²) >= 11 is 0. The van der Waals surface area contributed by atoms with Crippen LogP contribution in [0.15, 0.2) is 0 Å². The number of hydrogen-bond donors (Lipinski definition) is 1. The summed E-state index contributed by atoms with van der Waals surface area (Å²) < 4.78 is 0. The first-order valence-corrected chi connectivity index (χ1v) is 7.97. The Kier molecular flexibility index (Phi) is 6.78. The summed E-state index contributed by atoms with van der Waals surface area (Å²) in [6, 6.07) is 0.744. The molecule has 3 heteroatoms. The molecule has 1 atom stereocenters. The van der Waals surface area contributed by atoms with Crippen molar-refractivity contribution in [1.82, 2.24) is 15.1 Å². The van der Waals surface area contributed by atoms with Crippen molar-refractivity contribution in [3.05, 3.63) is 0 Å². The Bertz CT molecular complexity index is 250. The third-order valence-electron chi connectivity index (χ3n) is 4.14. The minimum atomic E-state index is 0.364. The van der Waals surface area contributed by atoms with E-state index >= 15 is 0 Å². The van der Waals surface area contributed by atoms with E-state index in [0.29, 0.717) is 5.41 Å². The van der Waals surface area contributed by atoms with Gasteiger partial charge in [-0.3, -0.25) is 4.90 Å². The van der Waals surface area contributed by atoms with Crippen molar-refractivity contribution < 1.29 is 0 Å². The molecule has 1 N–H and O–H groups in total. The van der Waals surface area contributed by atoms with E-state index in [0.717, 1.165) is 25.0 Å². The molecule has 3 nitrogen and oxygen atoms in total. The van der Waals surface area contributed by atoms with Crippen molar-refractivity contribution in [3.63, 3.8) is 0 Å². The first kappa shape index (κ1) is 16.9. The molecule has 1 fully saturated rings. The van der Waals surface area contributed by atoms with Crippen LogP contribution in [0.1, 0.15) is 41.0 Å². The van der Waals surface area contributed by atoms with Crippen molar-refractivity contribution in [1.29, 1.82) is 0 Å². The maximum Gasteiger partial charge on any atom is 0.0218 e. The molecule has 1 saturated heterocycles. The molecule has 0 aliphatic carbocycles. The molecular weight excluding hydrogens is 234 g/mol. The molecule has 0 saturated carbocycles. The molecule has 19 heavy (non-hydrogen) atoms. The number of hydrogen-bond acceptors (Lipinski definition) is 3. The Morgan fingerprint density at radius 1 is 1.26 bits per heavy atom. The fourth-order valence-corrected chi connectivity index (χ4v) is 2.96. The van der Waals surface area contributed by atoms with Gasteiger partial charge in [-0.1, -0.05) is 34.6 Å². The second-order valence-electron chi connectivity index (χ2n) is 7.47. The summed E-state index contributed by atoms with van der Waals surface area (Å²) in [6.07, 6.45) is 1.26. The van der Waals surface area contributed by atoms with Gasteiger partial charge in [0.1, 0.15) is 0 Å². The van der Waals surface area contributed by atoms with Crippen LogP contribution >= 0.6 is 0 Å². The van der Waals surface area contributed by atoms with E-state index < -0.39 is 0 Å². The van der Waals surface area contributed by atoms with Crippen LogP contribution in [0, 0.1) is 11.3 Å². The fourth-order valence-electron chi connectivity index (χ4n) is 2.96. The smallest absolute Gasteiger partial charge is 0.0218 e. The summed E-state index contributed by atoms with van der Waals surface area (Å²) in [5, 5.41) is 3.61. The molecule has 0 aromatic rings. The average molecular weight is 269 g/mol. The summed E-state index contributed by atoms with van der Waals surface area (Å²) in [6.45, 7) is 18.8. The number of nitrogens with one attached hydrogen (secondary N) is 1. The van der Waals surface area contributed by atoms with Gasteiger partial charge >= 0.3 is 0 Å². The van der Waals surface area contributed by atoms with E-state index in [4.69, 9.17) is 0 Å². The maximum absolute atomic E-state index is 3.61. The zero-order valence-electron chi connectivity index (χ0n) is 14.0. The highest BCUT2D eigenvalue weighted by molar-refractivity contribution is 4.83. The third kappa shape index (κ3) is 6.24. The molecule has 0 amide bonds. The Morgan fingerprint density at radius 2 is 1.95 bits per heavy atom. The predicted molar refractivity (Wildman–Crippen MR) is 84.6 cm³/mol. The van der Waals surface area contributed by atoms with E-state index in [9.17, 15) is 0 Å². The Balaban J connectivity index is 2.36. The highest BCUT2D eigenvalue weighted by Gasteiger charge is 2.27. The van der Waals surface area contributed by atoms with Crippen molar-refractivity contribution in [2.45, 2.75) is 47.1 Å². The van der Waals surface area contributed by atoms with Crippen LogP contribution in [-0.2, 0) is 0 Å². The van der Waals surface area contributed by atoms with Gasteiger partial charge in [0.2, 0.25) is 0 Å². The molecule has 0 spiro atoms. The molecular formula is C16H35N3. The normalized spacial score (nSPS) is 23.2. The fraction of sp³-hybridized carbons (Fsp3) is 1.00. The highest BCUT2D eigenvalue weighted by atomic mass is 15.3. The van der Waals surface area contributed by atoms with Crippen molar-refractivity contribution >= 4 is 0 Å². The summed E-state index contributed by atoms with van der Waals surface area (Å²) in [4.78, 5) is 5.17. The number of likely N-dealkylation sites (N-methyl/N-ethyl adjacent to an activating group) is 1. The molecule has 1 aliphatic rings. The molecule has 0 aromatic heterocycles. The van der Waals surface area contributed by atoms with Crippen molar-refractivity contribution in [2.75, 3.05) is 46.3 Å². The minimum absolute atomic E-state index is 0.364. The zero-order valence-corrected chi connectivity index (χ0v) is 14.0. The van der Waals surface area contributed by atoms with Gasteiger partial charge in [-0.25, -0.2) is 0 Å². The summed E-state index contributed by atoms with van der Waals surface area (Å²) in [5.74, 6) is 0.740. The first-order chi connectivity index (χ1) is 8.84. The monoisotopic (exact) mass is 269 g/mol. The lowest BCUT2D eigenvalue weighted by Gasteiger charge is -2.42. The molecule has 1 heterocycles. The van der Waals surface area contributed by atoms with E-state index in [-0.39, 0.29) is 0 Å². The second-order valence-corrected chi connectivity index (χ2v) is 7.47. The van der Waals surface area contributed by atoms with Gasteiger partial charge in [0.25, 0.3) is 0 Å². The molecule has 1 aliphatic heterocycles. The molecule has 1 unspecified atom stereocenters. The van der Waals surface area contributed by atoms with Gasteiger partial charge in [-0.15, -0.1) is 0 Å². The van der Waals surface area contributed by atoms with Crippen LogP contribution in [0.2, 0.25) is 0 Å². The van der Waals surface area contributed by atoms with E-state index in [1.54, 1.807) is 0 Å². The van der Waals surface area contributed by atoms with Crippen LogP contribution in [-0.4, -0.2) is 62.2 Å². The lowest BCUT2D eigenvalue weighted by Crippen LogP contribution is -2.54. The molecule has 0 aromatic carbocycles. The van der Waals surface area contributed by atoms with Gasteiger partial charge < -0.3 is 10.2 Å². The molecule has 0 radical (unpaired) electrons. The Morgan fingerprint density at radius 3 is 2.53 bits per heavy atom. The predicted octanol–water partition coefficient (Wildman–Crippen LogP) is 2.28. The first-order valence-electron chi connectivity index (χ1n) is 7.97. The molecule has 114 valence electrons. The van der Waals surface area contributed by atoms with Crippen molar-refractivity contribution in [3.8, 4) is 0 Å². The average Bonchev–Trinajstić information content (AvgIpc) is 2.30. The van der Waals surface area contributed by atoms with Crippen LogP contribution in [0.4, 0.5) is 0 Å². The van der Waals surface area contributed by atoms with E-state index in [1.807, 2.05) is 0 Å². The standard InChI is InChI=1S/C16H35N3/c1-7-15-11-19(9-8-18(15)6)13-16(4,5)12-17-10-14(2)3/h14-15,17H,7-13H2,1-6H3. The third-order valence-corrected chi connectivity index (χ3v) is 4.14. The lowest BCUT2D eigenvalue weighted by molar-refractivity contribution is 0.0655. The quantitative estimate of drug-likeness (QED) is 0.765. The van der Waals surface area contributed by atoms with E-state index in [2.05, 4.69) is 56.8 Å². The Hall–Kier alpha value is -0.120. The zero-order chi connectivity index (χ0) is 14.5. The maximum atomic E-state index is 3.61. The SMILES string of the molecule is CCC1CN(CC(C)(C)CNCC(C)C)CCN1C. The van der Waals surface area contributed by atoms with Crippen LogP contribution in [0.3, 0.4) is 0 Å². The lowest BCUT2D eigenvalue weighted by atomic mass is 9.91. The summed E-state index contributed by atoms with van der Waals surface area (Å²) in [7, 11) is 2.26. The Labute approximate surface area is 120 Å². The molecule has 1 rings (SSSR count). The van der Waals surface area contributed by atoms with Gasteiger partial charge in [0.05, 0.1) is 0 Å². The number of nitrogens with zero attached hydrogens (tertiary/aromatic N) is 2. The van der Waals surface area contributed by atoms with E-state index in [1.165, 1.54) is 32.6 Å². The number of rotatable bonds is 7. The largest absolute Gasteiger partial charge is 0.316 e. The van der Waals surface area contributed by atoms with Gasteiger partial charge in [-0.05, 0) is 31.3 Å².